The standard InChI is InChI=1S/C22H16ClF2N7O/c1-2-14(30-20-18-19(27-9-26-18)28-10-29-20)21-31-15-7-6-13(25)17(23)16(15)22(33)32(21)12-5-3-4-11(24)8-12/h3-10,14H,2H2,1H3,(H2,26,27,28,29,30). The molecule has 0 aliphatic heterocycles. The van der Waals surface area contributed by atoms with Crippen LogP contribution in [-0.2, 0) is 0 Å². The van der Waals surface area contributed by atoms with E-state index in [-0.39, 0.29) is 27.4 Å². The third-order valence-corrected chi connectivity index (χ3v) is 5.64. The minimum absolute atomic E-state index is 0.0856. The molecule has 1 atom stereocenters. The van der Waals surface area contributed by atoms with Crippen LogP contribution in [0.15, 0.2) is 53.8 Å². The fraction of sp³-hybridized carbons (Fsp3) is 0.136. The van der Waals surface area contributed by atoms with Crippen molar-refractivity contribution in [2.75, 3.05) is 5.32 Å². The van der Waals surface area contributed by atoms with Gasteiger partial charge in [0.25, 0.3) is 5.56 Å². The lowest BCUT2D eigenvalue weighted by Crippen LogP contribution is -2.28. The average molecular weight is 468 g/mol. The van der Waals surface area contributed by atoms with E-state index in [1.165, 1.54) is 41.5 Å². The van der Waals surface area contributed by atoms with Crippen LogP contribution in [0.1, 0.15) is 25.2 Å². The fourth-order valence-electron chi connectivity index (χ4n) is 3.71. The van der Waals surface area contributed by atoms with Gasteiger partial charge in [0, 0.05) is 0 Å². The van der Waals surface area contributed by atoms with Crippen molar-refractivity contribution in [2.24, 2.45) is 0 Å². The van der Waals surface area contributed by atoms with Gasteiger partial charge in [-0.3, -0.25) is 9.36 Å². The number of imidazole rings is 1. The highest BCUT2D eigenvalue weighted by Gasteiger charge is 2.23. The first-order chi connectivity index (χ1) is 16.0. The Labute approximate surface area is 190 Å². The molecule has 2 N–H and O–H groups in total. The molecule has 5 rings (SSSR count). The molecule has 0 saturated heterocycles. The molecule has 0 amide bonds. The van der Waals surface area contributed by atoms with Crippen molar-refractivity contribution < 1.29 is 8.78 Å². The van der Waals surface area contributed by atoms with Gasteiger partial charge >= 0.3 is 0 Å². The van der Waals surface area contributed by atoms with Crippen molar-refractivity contribution in [2.45, 2.75) is 19.4 Å². The highest BCUT2D eigenvalue weighted by molar-refractivity contribution is 6.35. The second-order valence-corrected chi connectivity index (χ2v) is 7.65. The van der Waals surface area contributed by atoms with E-state index in [0.717, 1.165) is 6.07 Å². The summed E-state index contributed by atoms with van der Waals surface area (Å²) in [7, 11) is 0. The maximum atomic E-state index is 14.2. The van der Waals surface area contributed by atoms with Gasteiger partial charge in [-0.25, -0.2) is 28.7 Å². The van der Waals surface area contributed by atoms with E-state index in [2.05, 4.69) is 30.2 Å². The van der Waals surface area contributed by atoms with E-state index in [4.69, 9.17) is 11.6 Å². The number of aromatic nitrogens is 6. The Balaban J connectivity index is 1.76. The van der Waals surface area contributed by atoms with Gasteiger partial charge in [0.05, 0.1) is 34.0 Å². The number of hydrogen-bond acceptors (Lipinski definition) is 6. The number of aromatic amines is 1. The predicted octanol–water partition coefficient (Wildman–Crippen LogP) is 4.55. The molecular formula is C22H16ClF2N7O. The summed E-state index contributed by atoms with van der Waals surface area (Å²) < 4.78 is 29.5. The third kappa shape index (κ3) is 3.58. The van der Waals surface area contributed by atoms with Crippen LogP contribution in [0.2, 0.25) is 5.02 Å². The fourth-order valence-corrected chi connectivity index (χ4v) is 3.95. The van der Waals surface area contributed by atoms with Gasteiger partial charge in [-0.2, -0.15) is 0 Å². The highest BCUT2D eigenvalue weighted by Crippen LogP contribution is 2.28. The Morgan fingerprint density at radius 1 is 1.18 bits per heavy atom. The number of fused-ring (bicyclic) bond motifs is 2. The molecule has 166 valence electrons. The van der Waals surface area contributed by atoms with E-state index in [9.17, 15) is 13.6 Å². The summed E-state index contributed by atoms with van der Waals surface area (Å²) in [6.45, 7) is 1.90. The van der Waals surface area contributed by atoms with Crippen molar-refractivity contribution in [1.29, 1.82) is 0 Å². The molecule has 3 heterocycles. The summed E-state index contributed by atoms with van der Waals surface area (Å²) in [6.07, 6.45) is 3.36. The molecule has 0 bridgehead atoms. The zero-order chi connectivity index (χ0) is 23.1. The number of anilines is 1. The van der Waals surface area contributed by atoms with Crippen LogP contribution in [0.3, 0.4) is 0 Å². The number of benzene rings is 2. The van der Waals surface area contributed by atoms with Crippen LogP contribution in [0.4, 0.5) is 14.6 Å². The van der Waals surface area contributed by atoms with Gasteiger partial charge in [-0.15, -0.1) is 0 Å². The number of rotatable bonds is 5. The van der Waals surface area contributed by atoms with E-state index in [0.29, 0.717) is 23.4 Å². The molecule has 8 nitrogen and oxygen atoms in total. The molecule has 1 unspecified atom stereocenters. The molecular weight excluding hydrogens is 452 g/mol. The van der Waals surface area contributed by atoms with Crippen LogP contribution in [0.25, 0.3) is 27.8 Å². The maximum absolute atomic E-state index is 14.2. The second kappa shape index (κ2) is 8.21. The molecule has 0 spiro atoms. The Morgan fingerprint density at radius 2 is 2.03 bits per heavy atom. The summed E-state index contributed by atoms with van der Waals surface area (Å²) in [4.78, 5) is 33.7. The van der Waals surface area contributed by atoms with E-state index < -0.39 is 23.2 Å². The smallest absolute Gasteiger partial charge is 0.267 e. The average Bonchev–Trinajstić information content (AvgIpc) is 3.29. The quantitative estimate of drug-likeness (QED) is 0.393. The Hall–Kier alpha value is -3.92. The normalized spacial score (nSPS) is 12.4. The van der Waals surface area contributed by atoms with Crippen LogP contribution in [0.5, 0.6) is 0 Å². The van der Waals surface area contributed by atoms with E-state index in [1.807, 2.05) is 6.92 Å². The first-order valence-corrected chi connectivity index (χ1v) is 10.4. The molecule has 2 aromatic carbocycles. The number of halogens is 3. The highest BCUT2D eigenvalue weighted by atomic mass is 35.5. The van der Waals surface area contributed by atoms with Crippen LogP contribution in [-0.4, -0.2) is 29.5 Å². The predicted molar refractivity (Wildman–Crippen MR) is 121 cm³/mol. The zero-order valence-corrected chi connectivity index (χ0v) is 17.9. The lowest BCUT2D eigenvalue weighted by molar-refractivity contribution is 0.620. The monoisotopic (exact) mass is 467 g/mol. The van der Waals surface area contributed by atoms with Crippen molar-refractivity contribution >= 4 is 39.5 Å². The van der Waals surface area contributed by atoms with Gasteiger partial charge < -0.3 is 10.3 Å². The van der Waals surface area contributed by atoms with Crippen molar-refractivity contribution in [3.63, 3.8) is 0 Å². The van der Waals surface area contributed by atoms with Crippen LogP contribution in [0, 0.1) is 11.6 Å². The number of H-pyrrole nitrogens is 1. The third-order valence-electron chi connectivity index (χ3n) is 5.27. The van der Waals surface area contributed by atoms with Crippen molar-refractivity contribution in [1.82, 2.24) is 29.5 Å². The SMILES string of the molecule is CCC(Nc1ncnc2nc[nH]c12)c1nc2ccc(F)c(Cl)c2c(=O)n1-c1cccc(F)c1. The van der Waals surface area contributed by atoms with Gasteiger partial charge in [-0.1, -0.05) is 24.6 Å². The second-order valence-electron chi connectivity index (χ2n) is 7.27. The molecule has 11 heteroatoms. The first kappa shape index (κ1) is 21.0. The Kier molecular flexibility index (Phi) is 5.21. The van der Waals surface area contributed by atoms with Crippen molar-refractivity contribution in [3.05, 3.63) is 81.9 Å². The van der Waals surface area contributed by atoms with E-state index in [1.54, 1.807) is 6.07 Å². The summed E-state index contributed by atoms with van der Waals surface area (Å²) in [5.74, 6) is -0.530. The molecule has 0 fully saturated rings. The number of hydrogen-bond donors (Lipinski definition) is 2. The molecule has 33 heavy (non-hydrogen) atoms. The summed E-state index contributed by atoms with van der Waals surface area (Å²) >= 11 is 6.12. The van der Waals surface area contributed by atoms with Crippen LogP contribution >= 0.6 is 11.6 Å². The topological polar surface area (TPSA) is 101 Å². The van der Waals surface area contributed by atoms with Crippen LogP contribution < -0.4 is 10.9 Å². The largest absolute Gasteiger partial charge is 0.358 e. The Bertz CT molecular complexity index is 1570. The zero-order valence-electron chi connectivity index (χ0n) is 17.2. The van der Waals surface area contributed by atoms with Gasteiger partial charge in [0.1, 0.15) is 29.3 Å². The molecule has 0 aliphatic rings. The van der Waals surface area contributed by atoms with Gasteiger partial charge in [0.15, 0.2) is 11.5 Å². The molecule has 0 saturated carbocycles. The van der Waals surface area contributed by atoms with Gasteiger partial charge in [-0.05, 0) is 36.8 Å². The maximum Gasteiger partial charge on any atom is 0.267 e. The minimum Gasteiger partial charge on any atom is -0.358 e. The summed E-state index contributed by atoms with van der Waals surface area (Å²) in [6, 6.07) is 7.53. The lowest BCUT2D eigenvalue weighted by atomic mass is 10.1. The summed E-state index contributed by atoms with van der Waals surface area (Å²) in [5.41, 5.74) is 0.905. The number of nitrogens with zero attached hydrogens (tertiary/aromatic N) is 5. The number of nitrogens with one attached hydrogen (secondary N) is 2. The van der Waals surface area contributed by atoms with Gasteiger partial charge in [0.2, 0.25) is 0 Å². The minimum atomic E-state index is -0.741. The summed E-state index contributed by atoms with van der Waals surface area (Å²) in [5, 5.41) is 2.85. The molecule has 0 aliphatic carbocycles. The van der Waals surface area contributed by atoms with Crippen molar-refractivity contribution in [3.8, 4) is 5.69 Å². The molecule has 5 aromatic rings. The van der Waals surface area contributed by atoms with E-state index >= 15 is 0 Å². The Morgan fingerprint density at radius 3 is 2.82 bits per heavy atom. The lowest BCUT2D eigenvalue weighted by Gasteiger charge is -2.22. The first-order valence-electron chi connectivity index (χ1n) is 10.0. The molecule has 3 aromatic heterocycles. The molecule has 0 radical (unpaired) electrons.